The van der Waals surface area contributed by atoms with Gasteiger partial charge in [-0.15, -0.1) is 0 Å². The SMILES string of the molecule is O=CCCNC(=O)c1[nH]c2ccc(F)cc2c1I. The fourth-order valence-corrected chi connectivity index (χ4v) is 2.45. The number of carbonyl (C=O) groups is 2. The van der Waals surface area contributed by atoms with Gasteiger partial charge in [0.05, 0.1) is 3.57 Å². The van der Waals surface area contributed by atoms with Gasteiger partial charge in [-0.25, -0.2) is 4.39 Å². The predicted molar refractivity (Wildman–Crippen MR) is 74.0 cm³/mol. The molecule has 0 fully saturated rings. The van der Waals surface area contributed by atoms with Crippen LogP contribution >= 0.6 is 22.6 Å². The van der Waals surface area contributed by atoms with Gasteiger partial charge < -0.3 is 15.1 Å². The molecule has 0 atom stereocenters. The van der Waals surface area contributed by atoms with Crippen molar-refractivity contribution in [2.45, 2.75) is 6.42 Å². The van der Waals surface area contributed by atoms with Gasteiger partial charge in [0.15, 0.2) is 0 Å². The van der Waals surface area contributed by atoms with Crippen molar-refractivity contribution in [2.75, 3.05) is 6.54 Å². The van der Waals surface area contributed by atoms with Gasteiger partial charge in [-0.05, 0) is 40.8 Å². The summed E-state index contributed by atoms with van der Waals surface area (Å²) in [5.41, 5.74) is 1.10. The van der Waals surface area contributed by atoms with E-state index >= 15 is 0 Å². The molecule has 0 saturated carbocycles. The number of H-pyrrole nitrogens is 1. The molecule has 0 aliphatic heterocycles. The normalized spacial score (nSPS) is 10.6. The molecule has 6 heteroatoms. The number of fused-ring (bicyclic) bond motifs is 1. The number of hydrogen-bond acceptors (Lipinski definition) is 2. The Morgan fingerprint density at radius 1 is 1.50 bits per heavy atom. The molecule has 1 aromatic heterocycles. The first kappa shape index (κ1) is 13.0. The van der Waals surface area contributed by atoms with Crippen molar-refractivity contribution in [3.05, 3.63) is 33.3 Å². The van der Waals surface area contributed by atoms with Crippen LogP contribution in [0.15, 0.2) is 18.2 Å². The standard InChI is InChI=1S/C12H10FIN2O2/c13-7-2-3-9-8(6-7)10(14)11(16-9)12(18)15-4-1-5-17/h2-3,5-6,16H,1,4H2,(H,15,18). The number of aromatic amines is 1. The summed E-state index contributed by atoms with van der Waals surface area (Å²) < 4.78 is 13.8. The molecule has 0 aliphatic rings. The minimum atomic E-state index is -0.340. The van der Waals surface area contributed by atoms with E-state index < -0.39 is 0 Å². The Labute approximate surface area is 116 Å². The van der Waals surface area contributed by atoms with Gasteiger partial charge in [0, 0.05) is 23.9 Å². The van der Waals surface area contributed by atoms with Crippen LogP contribution in [0.2, 0.25) is 0 Å². The number of amides is 1. The minimum absolute atomic E-state index is 0.275. The van der Waals surface area contributed by atoms with Gasteiger partial charge in [0.25, 0.3) is 5.91 Å². The van der Waals surface area contributed by atoms with Crippen LogP contribution in [-0.2, 0) is 4.79 Å². The quantitative estimate of drug-likeness (QED) is 0.499. The van der Waals surface area contributed by atoms with Crippen molar-refractivity contribution < 1.29 is 14.0 Å². The van der Waals surface area contributed by atoms with Gasteiger partial charge in [0.1, 0.15) is 17.8 Å². The molecule has 0 spiro atoms. The van der Waals surface area contributed by atoms with Gasteiger partial charge in [-0.3, -0.25) is 4.79 Å². The summed E-state index contributed by atoms with van der Waals surface area (Å²) in [6.45, 7) is 0.294. The molecule has 18 heavy (non-hydrogen) atoms. The second-order valence-electron chi connectivity index (χ2n) is 3.72. The highest BCUT2D eigenvalue weighted by atomic mass is 127. The summed E-state index contributed by atoms with van der Waals surface area (Å²) in [5.74, 6) is -0.634. The maximum absolute atomic E-state index is 13.1. The predicted octanol–water partition coefficient (Wildman–Crippen LogP) is 2.23. The summed E-state index contributed by atoms with van der Waals surface area (Å²) in [6, 6.07) is 4.31. The first-order valence-electron chi connectivity index (χ1n) is 5.32. The number of aldehydes is 1. The molecule has 0 saturated heterocycles. The van der Waals surface area contributed by atoms with Crippen LogP contribution < -0.4 is 5.32 Å². The van der Waals surface area contributed by atoms with E-state index in [9.17, 15) is 14.0 Å². The highest BCUT2D eigenvalue weighted by Gasteiger charge is 2.15. The fraction of sp³-hybridized carbons (Fsp3) is 0.167. The Bertz CT molecular complexity index is 609. The maximum Gasteiger partial charge on any atom is 0.268 e. The number of benzene rings is 1. The summed E-state index contributed by atoms with van der Waals surface area (Å²) >= 11 is 2.00. The molecule has 2 aromatic rings. The van der Waals surface area contributed by atoms with Crippen LogP contribution in [0.3, 0.4) is 0 Å². The Morgan fingerprint density at radius 3 is 3.00 bits per heavy atom. The van der Waals surface area contributed by atoms with E-state index in [-0.39, 0.29) is 18.1 Å². The van der Waals surface area contributed by atoms with Crippen molar-refractivity contribution in [1.82, 2.24) is 10.3 Å². The summed E-state index contributed by atoms with van der Waals surface area (Å²) in [7, 11) is 0. The third kappa shape index (κ3) is 2.53. The second kappa shape index (κ2) is 5.47. The van der Waals surface area contributed by atoms with Crippen LogP contribution in [0.25, 0.3) is 10.9 Å². The van der Waals surface area contributed by atoms with Crippen LogP contribution in [0, 0.1) is 9.39 Å². The molecular formula is C12H10FIN2O2. The van der Waals surface area contributed by atoms with Gasteiger partial charge in [-0.2, -0.15) is 0 Å². The average Bonchev–Trinajstić information content (AvgIpc) is 2.67. The highest BCUT2D eigenvalue weighted by Crippen LogP contribution is 2.24. The average molecular weight is 360 g/mol. The van der Waals surface area contributed by atoms with Crippen molar-refractivity contribution in [3.63, 3.8) is 0 Å². The van der Waals surface area contributed by atoms with Crippen molar-refractivity contribution in [2.24, 2.45) is 0 Å². The second-order valence-corrected chi connectivity index (χ2v) is 4.79. The summed E-state index contributed by atoms with van der Waals surface area (Å²) in [4.78, 5) is 24.9. The smallest absolute Gasteiger partial charge is 0.268 e. The Morgan fingerprint density at radius 2 is 2.28 bits per heavy atom. The molecular weight excluding hydrogens is 350 g/mol. The van der Waals surface area contributed by atoms with Gasteiger partial charge in [-0.1, -0.05) is 0 Å². The van der Waals surface area contributed by atoms with E-state index in [2.05, 4.69) is 10.3 Å². The molecule has 0 unspecified atom stereocenters. The first-order chi connectivity index (χ1) is 8.63. The Balaban J connectivity index is 2.31. The monoisotopic (exact) mass is 360 g/mol. The van der Waals surface area contributed by atoms with Crippen LogP contribution in [-0.4, -0.2) is 23.7 Å². The van der Waals surface area contributed by atoms with E-state index in [0.717, 1.165) is 6.29 Å². The topological polar surface area (TPSA) is 62.0 Å². The molecule has 0 radical (unpaired) electrons. The summed E-state index contributed by atoms with van der Waals surface area (Å²) in [6.07, 6.45) is 1.02. The third-order valence-corrected chi connectivity index (χ3v) is 3.59. The van der Waals surface area contributed by atoms with E-state index in [1.807, 2.05) is 22.6 Å². The number of halogens is 2. The van der Waals surface area contributed by atoms with Crippen molar-refractivity contribution in [1.29, 1.82) is 0 Å². The number of nitrogens with one attached hydrogen (secondary N) is 2. The van der Waals surface area contributed by atoms with Crippen LogP contribution in [0.5, 0.6) is 0 Å². The molecule has 1 heterocycles. The highest BCUT2D eigenvalue weighted by molar-refractivity contribution is 14.1. The van der Waals surface area contributed by atoms with E-state index in [0.29, 0.717) is 26.7 Å². The zero-order valence-corrected chi connectivity index (χ0v) is 11.5. The number of hydrogen-bond donors (Lipinski definition) is 2. The van der Waals surface area contributed by atoms with Gasteiger partial charge >= 0.3 is 0 Å². The lowest BCUT2D eigenvalue weighted by Gasteiger charge is -2.00. The lowest BCUT2D eigenvalue weighted by atomic mass is 10.2. The molecule has 2 rings (SSSR count). The van der Waals surface area contributed by atoms with Crippen molar-refractivity contribution >= 4 is 45.7 Å². The molecule has 1 amide bonds. The van der Waals surface area contributed by atoms with Crippen LogP contribution in [0.4, 0.5) is 4.39 Å². The maximum atomic E-state index is 13.1. The first-order valence-corrected chi connectivity index (χ1v) is 6.40. The number of carbonyl (C=O) groups excluding carboxylic acids is 2. The number of aromatic nitrogens is 1. The largest absolute Gasteiger partial charge is 0.350 e. The summed E-state index contributed by atoms with van der Waals surface area (Å²) in [5, 5.41) is 3.29. The molecule has 94 valence electrons. The Kier molecular flexibility index (Phi) is 3.95. The molecule has 2 N–H and O–H groups in total. The van der Waals surface area contributed by atoms with Crippen molar-refractivity contribution in [3.8, 4) is 0 Å². The zero-order chi connectivity index (χ0) is 13.1. The van der Waals surface area contributed by atoms with Crippen LogP contribution in [0.1, 0.15) is 16.9 Å². The molecule has 1 aromatic carbocycles. The minimum Gasteiger partial charge on any atom is -0.350 e. The zero-order valence-electron chi connectivity index (χ0n) is 9.30. The lowest BCUT2D eigenvalue weighted by Crippen LogP contribution is -2.25. The fourth-order valence-electron chi connectivity index (χ4n) is 1.62. The Hall–Kier alpha value is -1.44. The van der Waals surface area contributed by atoms with Gasteiger partial charge in [0.2, 0.25) is 0 Å². The lowest BCUT2D eigenvalue weighted by molar-refractivity contribution is -0.107. The van der Waals surface area contributed by atoms with E-state index in [4.69, 9.17) is 0 Å². The molecule has 4 nitrogen and oxygen atoms in total. The number of rotatable bonds is 4. The van der Waals surface area contributed by atoms with E-state index in [1.54, 1.807) is 6.07 Å². The van der Waals surface area contributed by atoms with E-state index in [1.165, 1.54) is 12.1 Å². The molecule has 0 bridgehead atoms. The third-order valence-electron chi connectivity index (χ3n) is 2.47. The molecule has 0 aliphatic carbocycles.